The summed E-state index contributed by atoms with van der Waals surface area (Å²) in [5.74, 6) is 0.180. The zero-order valence-corrected chi connectivity index (χ0v) is 17.0. The van der Waals surface area contributed by atoms with Crippen molar-refractivity contribution in [1.29, 1.82) is 0 Å². The van der Waals surface area contributed by atoms with Gasteiger partial charge in [-0.15, -0.1) is 0 Å². The largest absolute Gasteiger partial charge is 0.497 e. The zero-order valence-electron chi connectivity index (χ0n) is 16.3. The predicted molar refractivity (Wildman–Crippen MR) is 113 cm³/mol. The average molecular weight is 412 g/mol. The molecule has 0 saturated heterocycles. The maximum atomic E-state index is 12.4. The average Bonchev–Trinajstić information content (AvgIpc) is 2.71. The second kappa shape index (κ2) is 9.43. The number of carbonyl (C=O) groups excluding carboxylic acids is 2. The van der Waals surface area contributed by atoms with E-state index in [1.807, 2.05) is 36.4 Å². The van der Waals surface area contributed by atoms with Gasteiger partial charge in [0.15, 0.2) is 0 Å². The Morgan fingerprint density at radius 2 is 1.69 bits per heavy atom. The van der Waals surface area contributed by atoms with Gasteiger partial charge in [-0.25, -0.2) is 0 Å². The third-order valence-corrected chi connectivity index (χ3v) is 4.78. The van der Waals surface area contributed by atoms with Crippen molar-refractivity contribution in [3.63, 3.8) is 0 Å². The molecule has 3 aromatic carbocycles. The normalized spacial score (nSPS) is 11.7. The molecule has 0 aliphatic rings. The monoisotopic (exact) mass is 411 g/mol. The molecule has 150 valence electrons. The number of halogens is 1. The fourth-order valence-electron chi connectivity index (χ4n) is 3.07. The molecule has 0 aliphatic carbocycles. The van der Waals surface area contributed by atoms with Gasteiger partial charge in [0.1, 0.15) is 12.4 Å². The summed E-state index contributed by atoms with van der Waals surface area (Å²) in [7, 11) is 1.63. The van der Waals surface area contributed by atoms with E-state index < -0.39 is 12.0 Å². The molecule has 29 heavy (non-hydrogen) atoms. The van der Waals surface area contributed by atoms with Gasteiger partial charge in [-0.1, -0.05) is 41.9 Å². The first kappa shape index (κ1) is 20.7. The molecule has 0 fully saturated rings. The van der Waals surface area contributed by atoms with Gasteiger partial charge >= 0.3 is 5.97 Å². The van der Waals surface area contributed by atoms with Crippen molar-refractivity contribution in [2.45, 2.75) is 26.0 Å². The Bertz CT molecular complexity index is 1020. The van der Waals surface area contributed by atoms with Crippen LogP contribution in [0.5, 0.6) is 5.75 Å². The molecule has 0 spiro atoms. The summed E-state index contributed by atoms with van der Waals surface area (Å²) in [6.45, 7) is 1.58. The molecule has 0 saturated carbocycles. The van der Waals surface area contributed by atoms with Crippen molar-refractivity contribution >= 4 is 34.2 Å². The number of hydrogen-bond acceptors (Lipinski definition) is 4. The van der Waals surface area contributed by atoms with Crippen LogP contribution < -0.4 is 10.1 Å². The van der Waals surface area contributed by atoms with Gasteiger partial charge in [0.2, 0.25) is 5.91 Å². The maximum absolute atomic E-state index is 12.4. The highest BCUT2D eigenvalue weighted by Crippen LogP contribution is 2.23. The van der Waals surface area contributed by atoms with Gasteiger partial charge in [0.25, 0.3) is 0 Å². The number of fused-ring (bicyclic) bond motifs is 1. The Hall–Kier alpha value is -3.05. The van der Waals surface area contributed by atoms with Crippen molar-refractivity contribution < 1.29 is 19.1 Å². The third-order valence-electron chi connectivity index (χ3n) is 4.53. The van der Waals surface area contributed by atoms with Gasteiger partial charge in [-0.05, 0) is 52.2 Å². The Balaban J connectivity index is 1.64. The summed E-state index contributed by atoms with van der Waals surface area (Å²) in [4.78, 5) is 23.9. The zero-order chi connectivity index (χ0) is 20.8. The molecule has 3 rings (SSSR count). The van der Waals surface area contributed by atoms with E-state index in [-0.39, 0.29) is 18.9 Å². The third kappa shape index (κ3) is 5.72. The number of hydrogen-bond donors (Lipinski definition) is 1. The maximum Gasteiger partial charge on any atom is 0.308 e. The van der Waals surface area contributed by atoms with Crippen LogP contribution in [0.4, 0.5) is 0 Å². The molecule has 1 atom stereocenters. The molecule has 0 radical (unpaired) electrons. The molecule has 3 aromatic rings. The molecular weight excluding hydrogens is 390 g/mol. The lowest BCUT2D eigenvalue weighted by atomic mass is 10.0. The van der Waals surface area contributed by atoms with Crippen LogP contribution >= 0.6 is 11.6 Å². The SMILES string of the molecule is COc1ccc2cc(COC(=O)CC(NC(C)=O)c3ccc(Cl)cc3)ccc2c1. The molecule has 1 unspecified atom stereocenters. The molecule has 6 heteroatoms. The van der Waals surface area contributed by atoms with Crippen LogP contribution in [-0.4, -0.2) is 19.0 Å². The lowest BCUT2D eigenvalue weighted by molar-refractivity contribution is -0.145. The molecule has 0 bridgehead atoms. The Morgan fingerprint density at radius 3 is 2.38 bits per heavy atom. The number of benzene rings is 3. The summed E-state index contributed by atoms with van der Waals surface area (Å²) >= 11 is 5.92. The van der Waals surface area contributed by atoms with Crippen LogP contribution in [0.25, 0.3) is 10.8 Å². The minimum atomic E-state index is -0.471. The Morgan fingerprint density at radius 1 is 1.00 bits per heavy atom. The van der Waals surface area contributed by atoms with Crippen molar-refractivity contribution in [2.24, 2.45) is 0 Å². The first-order valence-corrected chi connectivity index (χ1v) is 9.57. The lowest BCUT2D eigenvalue weighted by Crippen LogP contribution is -2.28. The first-order chi connectivity index (χ1) is 13.9. The van der Waals surface area contributed by atoms with E-state index in [2.05, 4.69) is 5.32 Å². The topological polar surface area (TPSA) is 64.6 Å². The Kier molecular flexibility index (Phi) is 6.73. The second-order valence-corrected chi connectivity index (χ2v) is 7.15. The number of rotatable bonds is 7. The van der Waals surface area contributed by atoms with Crippen molar-refractivity contribution in [2.75, 3.05) is 7.11 Å². The van der Waals surface area contributed by atoms with E-state index >= 15 is 0 Å². The highest BCUT2D eigenvalue weighted by Gasteiger charge is 2.18. The van der Waals surface area contributed by atoms with Crippen molar-refractivity contribution in [3.05, 3.63) is 76.8 Å². The minimum absolute atomic E-state index is 0.0337. The van der Waals surface area contributed by atoms with E-state index in [4.69, 9.17) is 21.1 Å². The number of methoxy groups -OCH3 is 1. The van der Waals surface area contributed by atoms with Crippen LogP contribution in [0.3, 0.4) is 0 Å². The highest BCUT2D eigenvalue weighted by molar-refractivity contribution is 6.30. The first-order valence-electron chi connectivity index (χ1n) is 9.19. The quantitative estimate of drug-likeness (QED) is 0.566. The molecular formula is C23H22ClNO4. The fraction of sp³-hybridized carbons (Fsp3) is 0.217. The van der Waals surface area contributed by atoms with Crippen LogP contribution in [-0.2, 0) is 20.9 Å². The fourth-order valence-corrected chi connectivity index (χ4v) is 3.20. The van der Waals surface area contributed by atoms with Crippen LogP contribution in [0.15, 0.2) is 60.7 Å². The van der Waals surface area contributed by atoms with Crippen LogP contribution in [0.1, 0.15) is 30.5 Å². The van der Waals surface area contributed by atoms with E-state index in [9.17, 15) is 9.59 Å². The lowest BCUT2D eigenvalue weighted by Gasteiger charge is -2.18. The van der Waals surface area contributed by atoms with Crippen LogP contribution in [0.2, 0.25) is 5.02 Å². The number of esters is 1. The summed E-state index contributed by atoms with van der Waals surface area (Å²) in [6.07, 6.45) is 0.0337. The summed E-state index contributed by atoms with van der Waals surface area (Å²) in [5, 5.41) is 5.46. The predicted octanol–water partition coefficient (Wildman–Crippen LogP) is 4.81. The minimum Gasteiger partial charge on any atom is -0.497 e. The summed E-state index contributed by atoms with van der Waals surface area (Å²) in [6, 6.07) is 18.2. The molecule has 0 aliphatic heterocycles. The van der Waals surface area contributed by atoms with Gasteiger partial charge in [-0.2, -0.15) is 0 Å². The molecule has 0 aromatic heterocycles. The van der Waals surface area contributed by atoms with E-state index in [0.29, 0.717) is 5.02 Å². The smallest absolute Gasteiger partial charge is 0.308 e. The van der Waals surface area contributed by atoms with Crippen molar-refractivity contribution in [3.8, 4) is 5.75 Å². The standard InChI is InChI=1S/C23H22ClNO4/c1-15(26)25-22(17-5-8-20(24)9-6-17)13-23(27)29-14-16-3-4-19-12-21(28-2)10-7-18(19)11-16/h3-12,22H,13-14H2,1-2H3,(H,25,26). The van der Waals surface area contributed by atoms with E-state index in [1.165, 1.54) is 6.92 Å². The Labute approximate surface area is 174 Å². The second-order valence-electron chi connectivity index (χ2n) is 6.72. The highest BCUT2D eigenvalue weighted by atomic mass is 35.5. The number of amides is 1. The van der Waals surface area contributed by atoms with Gasteiger partial charge in [-0.3, -0.25) is 9.59 Å². The number of carbonyl (C=O) groups is 2. The summed E-state index contributed by atoms with van der Waals surface area (Å²) < 4.78 is 10.7. The van der Waals surface area contributed by atoms with Gasteiger partial charge in [0, 0.05) is 11.9 Å². The van der Waals surface area contributed by atoms with Gasteiger partial charge in [0.05, 0.1) is 19.6 Å². The summed E-state index contributed by atoms with van der Waals surface area (Å²) in [5.41, 5.74) is 1.68. The molecule has 1 N–H and O–H groups in total. The van der Waals surface area contributed by atoms with E-state index in [0.717, 1.165) is 27.6 Å². The van der Waals surface area contributed by atoms with Gasteiger partial charge < -0.3 is 14.8 Å². The molecule has 5 nitrogen and oxygen atoms in total. The van der Waals surface area contributed by atoms with E-state index in [1.54, 1.807) is 31.4 Å². The van der Waals surface area contributed by atoms with Crippen LogP contribution in [0, 0.1) is 0 Å². The van der Waals surface area contributed by atoms with Crippen molar-refractivity contribution in [1.82, 2.24) is 5.32 Å². The number of nitrogens with one attached hydrogen (secondary N) is 1. The number of ether oxygens (including phenoxy) is 2. The molecule has 1 amide bonds. The molecule has 0 heterocycles.